The summed E-state index contributed by atoms with van der Waals surface area (Å²) in [5.74, 6) is -0.0418. The van der Waals surface area contributed by atoms with Crippen molar-refractivity contribution in [2.75, 3.05) is 19.6 Å². The Morgan fingerprint density at radius 3 is 2.30 bits per heavy atom. The SMILES string of the molecule is Cc1ccc(C(=O)CCC(=O)NCC(c2ccccc2)N2CCCC2)cc1. The molecule has 0 aromatic heterocycles. The molecule has 4 nitrogen and oxygen atoms in total. The van der Waals surface area contributed by atoms with Crippen molar-refractivity contribution in [1.82, 2.24) is 10.2 Å². The third-order valence-electron chi connectivity index (χ3n) is 5.21. The molecule has 1 aliphatic rings. The quantitative estimate of drug-likeness (QED) is 0.723. The summed E-state index contributed by atoms with van der Waals surface area (Å²) in [4.78, 5) is 27.0. The first kappa shape index (κ1) is 19.3. The molecule has 2 aromatic carbocycles. The maximum Gasteiger partial charge on any atom is 0.220 e. The fourth-order valence-corrected chi connectivity index (χ4v) is 3.60. The van der Waals surface area contributed by atoms with Crippen molar-refractivity contribution in [2.24, 2.45) is 0 Å². The second-order valence-corrected chi connectivity index (χ2v) is 7.26. The average Bonchev–Trinajstić information content (AvgIpc) is 3.22. The van der Waals surface area contributed by atoms with Crippen molar-refractivity contribution < 1.29 is 9.59 Å². The highest BCUT2D eigenvalue weighted by atomic mass is 16.2. The van der Waals surface area contributed by atoms with Crippen LogP contribution in [0.4, 0.5) is 0 Å². The predicted octanol–water partition coefficient (Wildman–Crippen LogP) is 3.91. The van der Waals surface area contributed by atoms with Crippen LogP contribution in [-0.2, 0) is 4.79 Å². The van der Waals surface area contributed by atoms with Crippen molar-refractivity contribution in [3.05, 3.63) is 71.3 Å². The van der Waals surface area contributed by atoms with Gasteiger partial charge in [0, 0.05) is 24.9 Å². The first-order chi connectivity index (χ1) is 13.1. The van der Waals surface area contributed by atoms with Crippen LogP contribution < -0.4 is 5.32 Å². The summed E-state index contributed by atoms with van der Waals surface area (Å²) in [5.41, 5.74) is 3.03. The van der Waals surface area contributed by atoms with Crippen LogP contribution >= 0.6 is 0 Å². The molecule has 1 saturated heterocycles. The summed E-state index contributed by atoms with van der Waals surface area (Å²) in [5, 5.41) is 3.04. The van der Waals surface area contributed by atoms with E-state index in [-0.39, 0.29) is 30.6 Å². The molecular formula is C23H28N2O2. The summed E-state index contributed by atoms with van der Waals surface area (Å²) < 4.78 is 0. The summed E-state index contributed by atoms with van der Waals surface area (Å²) in [7, 11) is 0. The van der Waals surface area contributed by atoms with E-state index in [0.29, 0.717) is 12.1 Å². The number of aryl methyl sites for hydroxylation is 1. The minimum atomic E-state index is -0.0596. The summed E-state index contributed by atoms with van der Waals surface area (Å²) >= 11 is 0. The molecule has 0 aliphatic carbocycles. The van der Waals surface area contributed by atoms with E-state index in [0.717, 1.165) is 18.7 Å². The zero-order chi connectivity index (χ0) is 19.1. The van der Waals surface area contributed by atoms with Gasteiger partial charge in [-0.1, -0.05) is 60.2 Å². The molecule has 1 amide bonds. The third kappa shape index (κ3) is 5.51. The lowest BCUT2D eigenvalue weighted by atomic mass is 10.0. The molecule has 0 radical (unpaired) electrons. The highest BCUT2D eigenvalue weighted by Gasteiger charge is 2.23. The fraction of sp³-hybridized carbons (Fsp3) is 0.391. The highest BCUT2D eigenvalue weighted by Crippen LogP contribution is 2.24. The van der Waals surface area contributed by atoms with Gasteiger partial charge in [0.1, 0.15) is 0 Å². The molecule has 142 valence electrons. The Morgan fingerprint density at radius 2 is 1.63 bits per heavy atom. The van der Waals surface area contributed by atoms with Gasteiger partial charge >= 0.3 is 0 Å². The van der Waals surface area contributed by atoms with Crippen molar-refractivity contribution in [3.63, 3.8) is 0 Å². The Kier molecular flexibility index (Phi) is 6.77. The summed E-state index contributed by atoms with van der Waals surface area (Å²) in [6, 6.07) is 18.0. The van der Waals surface area contributed by atoms with Crippen LogP contribution in [0.25, 0.3) is 0 Å². The number of Topliss-reactive ketones (excluding diaryl/α,β-unsaturated/α-hetero) is 1. The van der Waals surface area contributed by atoms with E-state index >= 15 is 0 Å². The van der Waals surface area contributed by atoms with Gasteiger partial charge in [-0.3, -0.25) is 14.5 Å². The van der Waals surface area contributed by atoms with Crippen molar-refractivity contribution in [2.45, 2.75) is 38.6 Å². The zero-order valence-electron chi connectivity index (χ0n) is 16.0. The minimum absolute atomic E-state index is 0.0179. The second-order valence-electron chi connectivity index (χ2n) is 7.26. The molecule has 3 rings (SSSR count). The number of amides is 1. The normalized spacial score (nSPS) is 15.4. The number of rotatable bonds is 8. The second kappa shape index (κ2) is 9.47. The van der Waals surface area contributed by atoms with Gasteiger partial charge in [-0.15, -0.1) is 0 Å². The number of nitrogens with one attached hydrogen (secondary N) is 1. The molecule has 2 aromatic rings. The Balaban J connectivity index is 1.51. The van der Waals surface area contributed by atoms with E-state index < -0.39 is 0 Å². The van der Waals surface area contributed by atoms with E-state index in [1.54, 1.807) is 0 Å². The number of carbonyl (C=O) groups is 2. The lowest BCUT2D eigenvalue weighted by Crippen LogP contribution is -2.36. The average molecular weight is 364 g/mol. The van der Waals surface area contributed by atoms with Crippen molar-refractivity contribution in [1.29, 1.82) is 0 Å². The minimum Gasteiger partial charge on any atom is -0.354 e. The molecule has 4 heteroatoms. The molecule has 1 heterocycles. The maximum absolute atomic E-state index is 12.3. The number of benzene rings is 2. The smallest absolute Gasteiger partial charge is 0.220 e. The Morgan fingerprint density at radius 1 is 0.963 bits per heavy atom. The first-order valence-corrected chi connectivity index (χ1v) is 9.79. The van der Waals surface area contributed by atoms with Gasteiger partial charge in [-0.25, -0.2) is 0 Å². The molecule has 1 aliphatic heterocycles. The zero-order valence-corrected chi connectivity index (χ0v) is 16.0. The summed E-state index contributed by atoms with van der Waals surface area (Å²) in [6.45, 7) is 4.72. The number of carbonyl (C=O) groups excluding carboxylic acids is 2. The largest absolute Gasteiger partial charge is 0.354 e. The van der Waals surface area contributed by atoms with E-state index in [2.05, 4.69) is 22.3 Å². The van der Waals surface area contributed by atoms with Gasteiger partial charge in [-0.05, 0) is 38.4 Å². The Hall–Kier alpha value is -2.46. The van der Waals surface area contributed by atoms with Gasteiger partial charge in [0.2, 0.25) is 5.91 Å². The number of nitrogens with zero attached hydrogens (tertiary/aromatic N) is 1. The fourth-order valence-electron chi connectivity index (χ4n) is 3.60. The molecule has 27 heavy (non-hydrogen) atoms. The highest BCUT2D eigenvalue weighted by molar-refractivity contribution is 5.97. The topological polar surface area (TPSA) is 49.4 Å². The van der Waals surface area contributed by atoms with Crippen molar-refractivity contribution >= 4 is 11.7 Å². The molecule has 0 saturated carbocycles. The molecule has 1 N–H and O–H groups in total. The standard InChI is InChI=1S/C23H28N2O2/c1-18-9-11-20(12-10-18)22(26)13-14-23(27)24-17-21(25-15-5-6-16-25)19-7-3-2-4-8-19/h2-4,7-12,21H,5-6,13-17H2,1H3,(H,24,27). The van der Waals surface area contributed by atoms with Crippen LogP contribution in [0.1, 0.15) is 53.2 Å². The Bertz CT molecular complexity index is 750. The first-order valence-electron chi connectivity index (χ1n) is 9.79. The number of hydrogen-bond acceptors (Lipinski definition) is 3. The lowest BCUT2D eigenvalue weighted by molar-refractivity contribution is -0.121. The molecule has 1 fully saturated rings. The van der Waals surface area contributed by atoms with Crippen LogP contribution in [0.2, 0.25) is 0 Å². The predicted molar refractivity (Wildman–Crippen MR) is 108 cm³/mol. The molecule has 0 bridgehead atoms. The summed E-state index contributed by atoms with van der Waals surface area (Å²) in [6.07, 6.45) is 2.90. The van der Waals surface area contributed by atoms with Crippen LogP contribution in [-0.4, -0.2) is 36.2 Å². The maximum atomic E-state index is 12.3. The molecular weight excluding hydrogens is 336 g/mol. The van der Waals surface area contributed by atoms with E-state index in [9.17, 15) is 9.59 Å². The van der Waals surface area contributed by atoms with E-state index in [1.165, 1.54) is 18.4 Å². The van der Waals surface area contributed by atoms with Gasteiger partial charge < -0.3 is 5.32 Å². The molecule has 0 spiro atoms. The monoisotopic (exact) mass is 364 g/mol. The van der Waals surface area contributed by atoms with Gasteiger partial charge in [0.25, 0.3) is 0 Å². The lowest BCUT2D eigenvalue weighted by Gasteiger charge is -2.28. The van der Waals surface area contributed by atoms with Crippen LogP contribution in [0.3, 0.4) is 0 Å². The molecule has 1 atom stereocenters. The van der Waals surface area contributed by atoms with Crippen molar-refractivity contribution in [3.8, 4) is 0 Å². The number of ketones is 1. The van der Waals surface area contributed by atoms with E-state index in [4.69, 9.17) is 0 Å². The van der Waals surface area contributed by atoms with E-state index in [1.807, 2.05) is 49.4 Å². The molecule has 1 unspecified atom stereocenters. The van der Waals surface area contributed by atoms with Gasteiger partial charge in [0.15, 0.2) is 5.78 Å². The Labute approximate surface area is 161 Å². The van der Waals surface area contributed by atoms with Gasteiger partial charge in [-0.2, -0.15) is 0 Å². The van der Waals surface area contributed by atoms with Crippen LogP contribution in [0.5, 0.6) is 0 Å². The number of likely N-dealkylation sites (tertiary alicyclic amines) is 1. The van der Waals surface area contributed by atoms with Crippen LogP contribution in [0, 0.1) is 6.92 Å². The van der Waals surface area contributed by atoms with Crippen LogP contribution in [0.15, 0.2) is 54.6 Å². The number of hydrogen-bond donors (Lipinski definition) is 1. The van der Waals surface area contributed by atoms with Gasteiger partial charge in [0.05, 0.1) is 6.04 Å². The third-order valence-corrected chi connectivity index (χ3v) is 5.21.